The standard InChI is InChI=1S/C25H43N3O3S/c1-6-10-19-20-11-8-14-25(5)15-9-16-27-22(18(25)4)23(20)28-32(30,31)21(19)13-12-17(3)24(29)26-7-2/h9,15-23,28H,6-8,10-14H2,1-5H3,(H,26,29). The number of rotatable bonds is 7. The minimum atomic E-state index is -3.49. The summed E-state index contributed by atoms with van der Waals surface area (Å²) in [5.41, 5.74) is 0.0384. The van der Waals surface area contributed by atoms with Crippen molar-refractivity contribution < 1.29 is 13.2 Å². The molecule has 0 radical (unpaired) electrons. The van der Waals surface area contributed by atoms with E-state index in [2.05, 4.69) is 36.9 Å². The maximum Gasteiger partial charge on any atom is 0.222 e. The fourth-order valence-corrected chi connectivity index (χ4v) is 8.48. The Kier molecular flexibility index (Phi) is 8.24. The molecular formula is C25H43N3O3S. The maximum absolute atomic E-state index is 13.6. The van der Waals surface area contributed by atoms with Crippen LogP contribution in [0, 0.1) is 29.1 Å². The van der Waals surface area contributed by atoms with E-state index in [1.54, 1.807) is 0 Å². The summed E-state index contributed by atoms with van der Waals surface area (Å²) >= 11 is 0. The average molecular weight is 466 g/mol. The summed E-state index contributed by atoms with van der Waals surface area (Å²) in [7, 11) is -3.49. The molecule has 2 heterocycles. The second-order valence-corrected chi connectivity index (χ2v) is 12.5. The van der Waals surface area contributed by atoms with Gasteiger partial charge < -0.3 is 5.32 Å². The van der Waals surface area contributed by atoms with Crippen molar-refractivity contribution in [3.05, 3.63) is 12.2 Å². The molecule has 8 unspecified atom stereocenters. The lowest BCUT2D eigenvalue weighted by Crippen LogP contribution is -2.62. The zero-order valence-electron chi connectivity index (χ0n) is 20.5. The first-order chi connectivity index (χ1) is 15.1. The van der Waals surface area contributed by atoms with E-state index < -0.39 is 15.3 Å². The van der Waals surface area contributed by atoms with Crippen LogP contribution in [0.5, 0.6) is 0 Å². The number of fused-ring (bicyclic) bond motifs is 4. The molecule has 2 fully saturated rings. The molecule has 0 aromatic carbocycles. The minimum Gasteiger partial charge on any atom is -0.356 e. The van der Waals surface area contributed by atoms with Crippen molar-refractivity contribution in [2.75, 3.05) is 6.54 Å². The van der Waals surface area contributed by atoms with Crippen molar-refractivity contribution in [2.45, 2.75) is 96.9 Å². The molecule has 32 heavy (non-hydrogen) atoms. The van der Waals surface area contributed by atoms with E-state index in [4.69, 9.17) is 4.99 Å². The highest BCUT2D eigenvalue weighted by Gasteiger charge is 2.52. The summed E-state index contributed by atoms with van der Waals surface area (Å²) in [5.74, 6) is 0.499. The van der Waals surface area contributed by atoms with E-state index in [9.17, 15) is 13.2 Å². The third kappa shape index (κ3) is 5.14. The molecule has 182 valence electrons. The van der Waals surface area contributed by atoms with Crippen LogP contribution in [0.25, 0.3) is 0 Å². The lowest BCUT2D eigenvalue weighted by atomic mass is 9.63. The molecule has 0 aromatic rings. The van der Waals surface area contributed by atoms with Gasteiger partial charge in [0.15, 0.2) is 0 Å². The smallest absolute Gasteiger partial charge is 0.222 e. The first-order valence-electron chi connectivity index (χ1n) is 12.6. The van der Waals surface area contributed by atoms with Gasteiger partial charge in [-0.25, -0.2) is 13.1 Å². The molecule has 0 aromatic heterocycles. The summed E-state index contributed by atoms with van der Waals surface area (Å²) < 4.78 is 30.3. The Bertz CT molecular complexity index is 824. The summed E-state index contributed by atoms with van der Waals surface area (Å²) in [5, 5.41) is 2.43. The molecule has 3 aliphatic rings. The van der Waals surface area contributed by atoms with Crippen molar-refractivity contribution in [2.24, 2.45) is 34.1 Å². The SMILES string of the molecule is CCCC1C2CCCC3(C)C=CC=NC(C2NS(=O)(=O)C1CCC(C)C(=O)NCC)C3C. The van der Waals surface area contributed by atoms with Gasteiger partial charge in [-0.3, -0.25) is 9.79 Å². The van der Waals surface area contributed by atoms with E-state index in [-0.39, 0.29) is 47.1 Å². The van der Waals surface area contributed by atoms with Crippen molar-refractivity contribution in [1.82, 2.24) is 10.0 Å². The predicted octanol–water partition coefficient (Wildman–Crippen LogP) is 4.08. The topological polar surface area (TPSA) is 87.6 Å². The number of hydrogen-bond donors (Lipinski definition) is 2. The second-order valence-electron chi connectivity index (χ2n) is 10.6. The summed E-state index contributed by atoms with van der Waals surface area (Å²) in [6.07, 6.45) is 12.4. The van der Waals surface area contributed by atoms with Gasteiger partial charge in [-0.05, 0) is 68.3 Å². The molecule has 3 rings (SSSR count). The summed E-state index contributed by atoms with van der Waals surface area (Å²) in [4.78, 5) is 17.1. The Morgan fingerprint density at radius 1 is 1.31 bits per heavy atom. The third-order valence-electron chi connectivity index (χ3n) is 8.49. The molecule has 2 bridgehead atoms. The molecule has 6 nitrogen and oxygen atoms in total. The van der Waals surface area contributed by atoms with E-state index in [0.717, 1.165) is 32.1 Å². The minimum absolute atomic E-state index is 0.0120. The van der Waals surface area contributed by atoms with Crippen LogP contribution in [-0.2, 0) is 14.8 Å². The molecule has 7 heteroatoms. The van der Waals surface area contributed by atoms with Gasteiger partial charge in [0, 0.05) is 24.7 Å². The van der Waals surface area contributed by atoms with Gasteiger partial charge in [-0.15, -0.1) is 0 Å². The Hall–Kier alpha value is -1.21. The Balaban J connectivity index is 1.89. The largest absolute Gasteiger partial charge is 0.356 e. The normalized spacial score (nSPS) is 39.3. The highest BCUT2D eigenvalue weighted by Crippen LogP contribution is 2.48. The number of carbonyl (C=O) groups excluding carboxylic acids is 1. The monoisotopic (exact) mass is 465 g/mol. The van der Waals surface area contributed by atoms with Crippen LogP contribution in [0.1, 0.15) is 79.6 Å². The van der Waals surface area contributed by atoms with Crippen LogP contribution in [0.3, 0.4) is 0 Å². The third-order valence-corrected chi connectivity index (χ3v) is 10.5. The second kappa shape index (κ2) is 10.4. The number of nitrogens with one attached hydrogen (secondary N) is 2. The van der Waals surface area contributed by atoms with E-state index in [0.29, 0.717) is 19.4 Å². The molecule has 8 atom stereocenters. The Morgan fingerprint density at radius 2 is 2.06 bits per heavy atom. The van der Waals surface area contributed by atoms with Crippen LogP contribution in [0.15, 0.2) is 17.1 Å². The highest BCUT2D eigenvalue weighted by molar-refractivity contribution is 7.90. The molecule has 1 saturated heterocycles. The van der Waals surface area contributed by atoms with Gasteiger partial charge in [-0.2, -0.15) is 0 Å². The van der Waals surface area contributed by atoms with Gasteiger partial charge in [0.1, 0.15) is 0 Å². The average Bonchev–Trinajstić information content (AvgIpc) is 2.89. The number of aliphatic imine (C=N–C) groups is 1. The molecule has 2 aliphatic heterocycles. The number of amides is 1. The Labute approximate surface area is 195 Å². The fraction of sp³-hybridized carbons (Fsp3) is 0.840. The first-order valence-corrected chi connectivity index (χ1v) is 14.2. The van der Waals surface area contributed by atoms with E-state index >= 15 is 0 Å². The lowest BCUT2D eigenvalue weighted by molar-refractivity contribution is -0.124. The van der Waals surface area contributed by atoms with E-state index in [1.165, 1.54) is 0 Å². The van der Waals surface area contributed by atoms with Crippen LogP contribution in [0.4, 0.5) is 0 Å². The lowest BCUT2D eigenvalue weighted by Gasteiger charge is -2.50. The molecule has 1 saturated carbocycles. The van der Waals surface area contributed by atoms with Crippen LogP contribution < -0.4 is 10.0 Å². The molecule has 0 spiro atoms. The van der Waals surface area contributed by atoms with Crippen molar-refractivity contribution >= 4 is 22.1 Å². The first kappa shape index (κ1) is 25.4. The fourth-order valence-electron chi connectivity index (χ4n) is 6.37. The van der Waals surface area contributed by atoms with Crippen molar-refractivity contribution in [1.29, 1.82) is 0 Å². The van der Waals surface area contributed by atoms with Crippen LogP contribution in [-0.4, -0.2) is 44.4 Å². The molecule has 1 aliphatic carbocycles. The molecule has 2 N–H and O–H groups in total. The zero-order valence-corrected chi connectivity index (χ0v) is 21.3. The highest BCUT2D eigenvalue weighted by atomic mass is 32.2. The van der Waals surface area contributed by atoms with Gasteiger partial charge in [0.2, 0.25) is 15.9 Å². The predicted molar refractivity (Wildman–Crippen MR) is 131 cm³/mol. The van der Waals surface area contributed by atoms with Gasteiger partial charge in [-0.1, -0.05) is 46.6 Å². The van der Waals surface area contributed by atoms with Gasteiger partial charge in [0.05, 0.1) is 11.3 Å². The summed E-state index contributed by atoms with van der Waals surface area (Å²) in [6, 6.07) is -0.205. The zero-order chi connectivity index (χ0) is 23.5. The molecule has 1 amide bonds. The van der Waals surface area contributed by atoms with Crippen molar-refractivity contribution in [3.63, 3.8) is 0 Å². The number of carbonyl (C=O) groups is 1. The Morgan fingerprint density at radius 3 is 2.75 bits per heavy atom. The van der Waals surface area contributed by atoms with Crippen LogP contribution in [0.2, 0.25) is 0 Å². The number of allylic oxidation sites excluding steroid dienone is 2. The summed E-state index contributed by atoms with van der Waals surface area (Å²) in [6.45, 7) is 11.1. The maximum atomic E-state index is 13.6. The van der Waals surface area contributed by atoms with Crippen molar-refractivity contribution in [3.8, 4) is 0 Å². The number of hydrogen-bond acceptors (Lipinski definition) is 4. The van der Waals surface area contributed by atoms with Gasteiger partial charge >= 0.3 is 0 Å². The number of nitrogens with zero attached hydrogens (tertiary/aromatic N) is 1. The van der Waals surface area contributed by atoms with Gasteiger partial charge in [0.25, 0.3) is 0 Å². The van der Waals surface area contributed by atoms with Crippen LogP contribution >= 0.6 is 0 Å². The quantitative estimate of drug-likeness (QED) is 0.594. The number of sulfonamides is 1. The molecular weight excluding hydrogens is 422 g/mol. The van der Waals surface area contributed by atoms with E-state index in [1.807, 2.05) is 26.1 Å².